The van der Waals surface area contributed by atoms with Gasteiger partial charge in [-0.1, -0.05) is 48.0 Å². The van der Waals surface area contributed by atoms with Crippen LogP contribution in [0.25, 0.3) is 21.9 Å². The second-order valence-electron chi connectivity index (χ2n) is 8.55. The zero-order valence-electron chi connectivity index (χ0n) is 16.9. The van der Waals surface area contributed by atoms with Gasteiger partial charge in [-0.25, -0.2) is 0 Å². The number of aliphatic carboxylic acids is 1. The van der Waals surface area contributed by atoms with Gasteiger partial charge in [-0.15, -0.1) is 0 Å². The van der Waals surface area contributed by atoms with Crippen molar-refractivity contribution in [3.63, 3.8) is 0 Å². The van der Waals surface area contributed by atoms with Gasteiger partial charge in [0.05, 0.1) is 17.5 Å². The summed E-state index contributed by atoms with van der Waals surface area (Å²) < 4.78 is 6.50. The van der Waals surface area contributed by atoms with Gasteiger partial charge in [0.25, 0.3) is 0 Å². The number of ether oxygens (including phenoxy) is 1. The second-order valence-corrected chi connectivity index (χ2v) is 8.93. The minimum atomic E-state index is -0.762. The molecule has 1 atom stereocenters. The summed E-state index contributed by atoms with van der Waals surface area (Å²) >= 11 is 6.94. The molecule has 1 fully saturated rings. The molecule has 0 spiro atoms. The second kappa shape index (κ2) is 7.96. The van der Waals surface area contributed by atoms with Crippen molar-refractivity contribution in [3.8, 4) is 16.9 Å². The number of benzene rings is 3. The Kier molecular flexibility index (Phi) is 5.16. The van der Waals surface area contributed by atoms with Crippen LogP contribution in [0.5, 0.6) is 5.75 Å². The number of fused-ring (bicyclic) bond motifs is 2. The smallest absolute Gasteiger partial charge is 0.303 e. The fourth-order valence-electron chi connectivity index (χ4n) is 5.06. The highest BCUT2D eigenvalue weighted by atomic mass is 35.5. The highest BCUT2D eigenvalue weighted by molar-refractivity contribution is 6.33. The number of hydrogen-bond acceptors (Lipinski definition) is 2. The zero-order chi connectivity index (χ0) is 20.7. The molecule has 2 aliphatic rings. The van der Waals surface area contributed by atoms with Gasteiger partial charge in [0.1, 0.15) is 5.75 Å². The predicted octanol–water partition coefficient (Wildman–Crippen LogP) is 6.99. The van der Waals surface area contributed by atoms with E-state index in [2.05, 4.69) is 36.4 Å². The summed E-state index contributed by atoms with van der Waals surface area (Å²) in [5.41, 5.74) is 4.19. The summed E-state index contributed by atoms with van der Waals surface area (Å²) in [7, 11) is 0. The van der Waals surface area contributed by atoms with E-state index in [4.69, 9.17) is 16.3 Å². The van der Waals surface area contributed by atoms with Crippen molar-refractivity contribution in [3.05, 3.63) is 64.7 Å². The van der Waals surface area contributed by atoms with Crippen LogP contribution in [0.1, 0.15) is 55.6 Å². The Morgan fingerprint density at radius 3 is 2.57 bits per heavy atom. The Morgan fingerprint density at radius 2 is 1.80 bits per heavy atom. The number of rotatable bonds is 5. The molecule has 1 saturated carbocycles. The molecule has 154 valence electrons. The van der Waals surface area contributed by atoms with Crippen LogP contribution in [0.15, 0.2) is 48.5 Å². The highest BCUT2D eigenvalue weighted by Gasteiger charge is 2.31. The summed E-state index contributed by atoms with van der Waals surface area (Å²) in [6.45, 7) is 0. The topological polar surface area (TPSA) is 46.5 Å². The van der Waals surface area contributed by atoms with E-state index >= 15 is 0 Å². The third-order valence-corrected chi connectivity index (χ3v) is 7.01. The van der Waals surface area contributed by atoms with Crippen molar-refractivity contribution in [1.29, 1.82) is 0 Å². The van der Waals surface area contributed by atoms with Crippen LogP contribution in [0.2, 0.25) is 5.02 Å². The fourth-order valence-corrected chi connectivity index (χ4v) is 5.41. The Morgan fingerprint density at radius 1 is 1.03 bits per heavy atom. The van der Waals surface area contributed by atoms with Gasteiger partial charge in [-0.05, 0) is 84.0 Å². The molecular formula is C26H25ClO3. The molecule has 4 heteroatoms. The lowest BCUT2D eigenvalue weighted by Crippen LogP contribution is -2.13. The first-order chi connectivity index (χ1) is 14.6. The molecule has 1 unspecified atom stereocenters. The normalized spacial score (nSPS) is 18.6. The Hall–Kier alpha value is -2.52. The Labute approximate surface area is 181 Å². The molecule has 0 aromatic heterocycles. The van der Waals surface area contributed by atoms with Crippen molar-refractivity contribution in [2.75, 3.05) is 0 Å². The van der Waals surface area contributed by atoms with Gasteiger partial charge in [0.2, 0.25) is 0 Å². The van der Waals surface area contributed by atoms with Gasteiger partial charge in [0, 0.05) is 5.56 Å². The number of carboxylic acid groups (broad SMARTS) is 1. The number of carbonyl (C=O) groups is 1. The van der Waals surface area contributed by atoms with Crippen LogP contribution in [-0.4, -0.2) is 17.2 Å². The minimum absolute atomic E-state index is 0.00902. The zero-order valence-corrected chi connectivity index (χ0v) is 17.6. The highest BCUT2D eigenvalue weighted by Crippen LogP contribution is 2.49. The van der Waals surface area contributed by atoms with E-state index in [9.17, 15) is 9.90 Å². The Balaban J connectivity index is 1.66. The molecule has 3 nitrogen and oxygen atoms in total. The molecule has 0 heterocycles. The van der Waals surface area contributed by atoms with Gasteiger partial charge < -0.3 is 9.84 Å². The first-order valence-corrected chi connectivity index (χ1v) is 11.2. The summed E-state index contributed by atoms with van der Waals surface area (Å²) in [5, 5.41) is 12.4. The first-order valence-electron chi connectivity index (χ1n) is 10.8. The van der Waals surface area contributed by atoms with Gasteiger partial charge in [0.15, 0.2) is 0 Å². The van der Waals surface area contributed by atoms with E-state index < -0.39 is 5.97 Å². The van der Waals surface area contributed by atoms with E-state index in [0.29, 0.717) is 5.02 Å². The summed E-state index contributed by atoms with van der Waals surface area (Å²) in [4.78, 5) is 11.4. The predicted molar refractivity (Wildman–Crippen MR) is 121 cm³/mol. The molecule has 3 aromatic rings. The lowest BCUT2D eigenvalue weighted by atomic mass is 9.92. The monoisotopic (exact) mass is 420 g/mol. The van der Waals surface area contributed by atoms with Crippen LogP contribution >= 0.6 is 11.6 Å². The van der Waals surface area contributed by atoms with Gasteiger partial charge >= 0.3 is 5.97 Å². The van der Waals surface area contributed by atoms with Gasteiger partial charge in [-0.2, -0.15) is 0 Å². The number of halogens is 1. The molecule has 2 aliphatic carbocycles. The maximum atomic E-state index is 11.4. The van der Waals surface area contributed by atoms with Crippen molar-refractivity contribution >= 4 is 28.3 Å². The molecule has 3 aromatic carbocycles. The van der Waals surface area contributed by atoms with Crippen molar-refractivity contribution in [2.45, 2.75) is 57.0 Å². The lowest BCUT2D eigenvalue weighted by Gasteiger charge is -2.21. The SMILES string of the molecule is O=C(O)CC1CCc2c1cc(-c1ccc3ccccc3c1)c(OC1CCCC1)c2Cl. The summed E-state index contributed by atoms with van der Waals surface area (Å²) in [6, 6.07) is 16.9. The number of carboxylic acids is 1. The third-order valence-electron chi connectivity index (χ3n) is 6.61. The third kappa shape index (κ3) is 3.56. The van der Waals surface area contributed by atoms with Crippen LogP contribution in [0.4, 0.5) is 0 Å². The molecular weight excluding hydrogens is 396 g/mol. The quantitative estimate of drug-likeness (QED) is 0.484. The number of hydrogen-bond donors (Lipinski definition) is 1. The molecule has 0 saturated heterocycles. The maximum absolute atomic E-state index is 11.4. The van der Waals surface area contributed by atoms with E-state index in [1.807, 2.05) is 12.1 Å². The standard InChI is InChI=1S/C26H25ClO3/c27-25-21-12-11-19(14-24(28)29)22(21)15-23(26(25)30-20-7-3-4-8-20)18-10-9-16-5-1-2-6-17(16)13-18/h1-2,5-6,9-10,13,15,19-20H,3-4,7-8,11-12,14H2,(H,28,29). The lowest BCUT2D eigenvalue weighted by molar-refractivity contribution is -0.137. The Bertz CT molecular complexity index is 1110. The molecule has 0 amide bonds. The van der Waals surface area contributed by atoms with E-state index in [0.717, 1.165) is 53.7 Å². The van der Waals surface area contributed by atoms with E-state index in [-0.39, 0.29) is 18.4 Å². The molecule has 0 radical (unpaired) electrons. The maximum Gasteiger partial charge on any atom is 0.303 e. The largest absolute Gasteiger partial charge is 0.488 e. The molecule has 0 aliphatic heterocycles. The van der Waals surface area contributed by atoms with Crippen LogP contribution in [-0.2, 0) is 11.2 Å². The van der Waals surface area contributed by atoms with Gasteiger partial charge in [-0.3, -0.25) is 4.79 Å². The van der Waals surface area contributed by atoms with Crippen LogP contribution in [0, 0.1) is 0 Å². The first kappa shape index (κ1) is 19.4. The summed E-state index contributed by atoms with van der Waals surface area (Å²) in [6.07, 6.45) is 6.49. The van der Waals surface area contributed by atoms with Crippen molar-refractivity contribution in [2.24, 2.45) is 0 Å². The van der Waals surface area contributed by atoms with Crippen molar-refractivity contribution in [1.82, 2.24) is 0 Å². The molecule has 5 rings (SSSR count). The molecule has 1 N–H and O–H groups in total. The minimum Gasteiger partial charge on any atom is -0.488 e. The van der Waals surface area contributed by atoms with Crippen molar-refractivity contribution < 1.29 is 14.6 Å². The molecule has 30 heavy (non-hydrogen) atoms. The molecule has 0 bridgehead atoms. The summed E-state index contributed by atoms with van der Waals surface area (Å²) in [5.74, 6) is 0.0193. The van der Waals surface area contributed by atoms with Crippen LogP contribution in [0.3, 0.4) is 0 Å². The van der Waals surface area contributed by atoms with E-state index in [1.165, 1.54) is 23.6 Å². The fraction of sp³-hybridized carbons (Fsp3) is 0.346. The average Bonchev–Trinajstić information content (AvgIpc) is 3.39. The van der Waals surface area contributed by atoms with E-state index in [1.54, 1.807) is 0 Å². The van der Waals surface area contributed by atoms with Crippen LogP contribution < -0.4 is 4.74 Å². The average molecular weight is 421 g/mol.